The zero-order valence-electron chi connectivity index (χ0n) is 17.3. The highest BCUT2D eigenvalue weighted by Crippen LogP contribution is 2.43. The van der Waals surface area contributed by atoms with Crippen molar-refractivity contribution in [1.29, 1.82) is 0 Å². The second kappa shape index (κ2) is 8.25. The Hall–Kier alpha value is -1.63. The Morgan fingerprint density at radius 1 is 1.14 bits per heavy atom. The van der Waals surface area contributed by atoms with Crippen molar-refractivity contribution in [1.82, 2.24) is 14.7 Å². The van der Waals surface area contributed by atoms with Crippen LogP contribution in [-0.4, -0.2) is 78.1 Å². The molecule has 0 N–H and O–H groups in total. The number of ether oxygens (including phenoxy) is 1. The molecule has 4 rings (SSSR count). The number of rotatable bonds is 2. The van der Waals surface area contributed by atoms with Crippen molar-refractivity contribution < 1.29 is 14.3 Å². The summed E-state index contributed by atoms with van der Waals surface area (Å²) in [5, 5.41) is 0.518. The molecule has 0 aromatic heterocycles. The van der Waals surface area contributed by atoms with Crippen LogP contribution in [-0.2, 0) is 9.53 Å². The first-order chi connectivity index (χ1) is 13.9. The molecule has 7 heteroatoms. The van der Waals surface area contributed by atoms with Gasteiger partial charge in [-0.25, -0.2) is 0 Å². The van der Waals surface area contributed by atoms with E-state index >= 15 is 0 Å². The molecule has 0 bridgehead atoms. The van der Waals surface area contributed by atoms with Gasteiger partial charge in [-0.15, -0.1) is 0 Å². The summed E-state index contributed by atoms with van der Waals surface area (Å²) in [5.41, 5.74) is -0.170. The molecule has 0 unspecified atom stereocenters. The fourth-order valence-corrected chi connectivity index (χ4v) is 4.96. The number of nitrogens with zero attached hydrogens (tertiary/aromatic N) is 3. The first-order valence-corrected chi connectivity index (χ1v) is 11.0. The Bertz CT molecular complexity index is 770. The zero-order valence-corrected chi connectivity index (χ0v) is 18.0. The fraction of sp³-hybridized carbons (Fsp3) is 0.636. The van der Waals surface area contributed by atoms with Gasteiger partial charge >= 0.3 is 0 Å². The number of likely N-dealkylation sites (N-methyl/N-ethyl adjacent to an activating group) is 1. The van der Waals surface area contributed by atoms with Crippen molar-refractivity contribution in [2.75, 3.05) is 39.8 Å². The molecule has 0 radical (unpaired) electrons. The van der Waals surface area contributed by atoms with Gasteiger partial charge < -0.3 is 14.5 Å². The molecule has 3 fully saturated rings. The molecule has 1 aromatic rings. The highest BCUT2D eigenvalue weighted by Gasteiger charge is 2.54. The third-order valence-corrected chi connectivity index (χ3v) is 6.94. The van der Waals surface area contributed by atoms with Gasteiger partial charge in [0.05, 0.1) is 6.61 Å². The van der Waals surface area contributed by atoms with E-state index < -0.39 is 11.8 Å². The maximum Gasteiger partial charge on any atom is 0.256 e. The van der Waals surface area contributed by atoms with Crippen molar-refractivity contribution in [3.8, 4) is 0 Å². The molecule has 1 aromatic carbocycles. The number of hydrogen-bond acceptors (Lipinski definition) is 4. The Labute approximate surface area is 177 Å². The second-order valence-electron chi connectivity index (χ2n) is 8.77. The van der Waals surface area contributed by atoms with E-state index in [-0.39, 0.29) is 18.4 Å². The molecule has 2 aliphatic heterocycles. The number of carbonyl (C=O) groups is 2. The van der Waals surface area contributed by atoms with Gasteiger partial charge in [0.25, 0.3) is 5.91 Å². The number of carbonyl (C=O) groups excluding carboxylic acids is 2. The van der Waals surface area contributed by atoms with Crippen molar-refractivity contribution >= 4 is 23.4 Å². The van der Waals surface area contributed by atoms with Crippen molar-refractivity contribution in [2.45, 2.75) is 44.4 Å². The van der Waals surface area contributed by atoms with E-state index in [4.69, 9.17) is 16.3 Å². The summed E-state index contributed by atoms with van der Waals surface area (Å²) < 4.78 is 6.28. The Balaban J connectivity index is 1.63. The predicted octanol–water partition coefficient (Wildman–Crippen LogP) is 2.86. The lowest BCUT2D eigenvalue weighted by molar-refractivity contribution is -0.139. The molecule has 1 saturated carbocycles. The van der Waals surface area contributed by atoms with Gasteiger partial charge in [-0.05, 0) is 56.8 Å². The number of piperazine rings is 1. The minimum atomic E-state index is -0.682. The number of hydrogen-bond donors (Lipinski definition) is 0. The van der Waals surface area contributed by atoms with Crippen molar-refractivity contribution in [3.05, 3.63) is 34.9 Å². The van der Waals surface area contributed by atoms with Gasteiger partial charge in [0.1, 0.15) is 11.8 Å². The third kappa shape index (κ3) is 4.03. The van der Waals surface area contributed by atoms with Crippen LogP contribution in [0.25, 0.3) is 0 Å². The van der Waals surface area contributed by atoms with Crippen LogP contribution >= 0.6 is 11.6 Å². The maximum atomic E-state index is 13.6. The van der Waals surface area contributed by atoms with Gasteiger partial charge in [-0.1, -0.05) is 24.6 Å². The molecule has 1 spiro atoms. The molecule has 1 atom stereocenters. The lowest BCUT2D eigenvalue weighted by atomic mass is 9.83. The molecule has 2 saturated heterocycles. The standard InChI is InChI=1S/C22H30ClN3O3/c1-16-6-8-22(9-7-16)26(20(27)17-4-3-5-18(23)14-17)19(15-29-22)21(28)25-12-10-24(2)11-13-25/h3-5,14,16,19H,6-13,15H2,1-2H3/t16?,19-,22?/m0/s1. The van der Waals surface area contributed by atoms with Crippen LogP contribution in [0.4, 0.5) is 0 Å². The van der Waals surface area contributed by atoms with Gasteiger partial charge in [-0.3, -0.25) is 14.5 Å². The summed E-state index contributed by atoms with van der Waals surface area (Å²) in [6, 6.07) is 6.41. The van der Waals surface area contributed by atoms with Gasteiger partial charge in [0.15, 0.2) is 0 Å². The van der Waals surface area contributed by atoms with Crippen molar-refractivity contribution in [2.24, 2.45) is 5.92 Å². The SMILES string of the molecule is CC1CCC2(CC1)OC[C@@H](C(=O)N1CCN(C)CC1)N2C(=O)c1cccc(Cl)c1. The average Bonchev–Trinajstić information content (AvgIpc) is 3.08. The molecule has 3 aliphatic rings. The van der Waals surface area contributed by atoms with Gasteiger partial charge in [0, 0.05) is 36.8 Å². The normalized spacial score (nSPS) is 30.7. The van der Waals surface area contributed by atoms with Crippen LogP contribution in [0.15, 0.2) is 24.3 Å². The summed E-state index contributed by atoms with van der Waals surface area (Å²) in [7, 11) is 2.06. The van der Waals surface area contributed by atoms with Crippen LogP contribution in [0.5, 0.6) is 0 Å². The Morgan fingerprint density at radius 2 is 1.83 bits per heavy atom. The molecule has 6 nitrogen and oxygen atoms in total. The van der Waals surface area contributed by atoms with E-state index in [1.54, 1.807) is 29.2 Å². The lowest BCUT2D eigenvalue weighted by Crippen LogP contribution is -2.59. The summed E-state index contributed by atoms with van der Waals surface area (Å²) in [6.07, 6.45) is 3.53. The zero-order chi connectivity index (χ0) is 20.6. The van der Waals surface area contributed by atoms with Gasteiger partial charge in [0.2, 0.25) is 5.91 Å². The first-order valence-electron chi connectivity index (χ1n) is 10.6. The van der Waals surface area contributed by atoms with E-state index in [2.05, 4.69) is 18.9 Å². The molecular formula is C22H30ClN3O3. The molecule has 1 aliphatic carbocycles. The van der Waals surface area contributed by atoms with E-state index in [9.17, 15) is 9.59 Å². The monoisotopic (exact) mass is 419 g/mol. The molecule has 158 valence electrons. The molecule has 2 heterocycles. The minimum absolute atomic E-state index is 0.00368. The fourth-order valence-electron chi connectivity index (χ4n) is 4.77. The third-order valence-electron chi connectivity index (χ3n) is 6.71. The topological polar surface area (TPSA) is 53.1 Å². The lowest BCUT2D eigenvalue weighted by Gasteiger charge is -2.44. The van der Waals surface area contributed by atoms with Crippen LogP contribution in [0.3, 0.4) is 0 Å². The van der Waals surface area contributed by atoms with Crippen LogP contribution in [0, 0.1) is 5.92 Å². The van der Waals surface area contributed by atoms with E-state index in [1.807, 2.05) is 4.90 Å². The molecule has 29 heavy (non-hydrogen) atoms. The van der Waals surface area contributed by atoms with Gasteiger partial charge in [-0.2, -0.15) is 0 Å². The van der Waals surface area contributed by atoms with E-state index in [0.717, 1.165) is 38.8 Å². The quantitative estimate of drug-likeness (QED) is 0.739. The number of amides is 2. The Kier molecular flexibility index (Phi) is 5.87. The highest BCUT2D eigenvalue weighted by molar-refractivity contribution is 6.31. The number of halogens is 1. The summed E-state index contributed by atoms with van der Waals surface area (Å²) in [5.74, 6) is 0.454. The van der Waals surface area contributed by atoms with Crippen molar-refractivity contribution in [3.63, 3.8) is 0 Å². The first kappa shape index (κ1) is 20.6. The van der Waals surface area contributed by atoms with E-state index in [1.165, 1.54) is 0 Å². The molecular weight excluding hydrogens is 390 g/mol. The smallest absolute Gasteiger partial charge is 0.256 e. The average molecular weight is 420 g/mol. The number of benzene rings is 1. The maximum absolute atomic E-state index is 13.6. The predicted molar refractivity (Wildman–Crippen MR) is 112 cm³/mol. The molecule has 2 amide bonds. The summed E-state index contributed by atoms with van der Waals surface area (Å²) in [6.45, 7) is 5.59. The Morgan fingerprint density at radius 3 is 2.48 bits per heavy atom. The van der Waals surface area contributed by atoms with Crippen LogP contribution in [0.1, 0.15) is 43.0 Å². The highest BCUT2D eigenvalue weighted by atomic mass is 35.5. The largest absolute Gasteiger partial charge is 0.353 e. The summed E-state index contributed by atoms with van der Waals surface area (Å²) >= 11 is 6.14. The minimum Gasteiger partial charge on any atom is -0.353 e. The summed E-state index contributed by atoms with van der Waals surface area (Å²) in [4.78, 5) is 32.9. The van der Waals surface area contributed by atoms with Crippen LogP contribution in [0.2, 0.25) is 5.02 Å². The van der Waals surface area contributed by atoms with Crippen LogP contribution < -0.4 is 0 Å². The second-order valence-corrected chi connectivity index (χ2v) is 9.21. The van der Waals surface area contributed by atoms with E-state index in [0.29, 0.717) is 29.6 Å².